The Labute approximate surface area is 417 Å². The lowest BCUT2D eigenvalue weighted by Crippen LogP contribution is -2.47. The third kappa shape index (κ3) is 9.03. The molecular formula is C58H58N6O8. The van der Waals surface area contributed by atoms with Gasteiger partial charge in [0, 0.05) is 97.7 Å². The van der Waals surface area contributed by atoms with Gasteiger partial charge in [0.1, 0.15) is 12.1 Å². The number of aliphatic hydroxyl groups is 2. The first-order valence-corrected chi connectivity index (χ1v) is 24.3. The maximum absolute atomic E-state index is 13.5. The molecule has 0 spiro atoms. The summed E-state index contributed by atoms with van der Waals surface area (Å²) in [5.41, 5.74) is 7.75. The summed E-state index contributed by atoms with van der Waals surface area (Å²) in [5, 5.41) is 26.5. The summed E-state index contributed by atoms with van der Waals surface area (Å²) in [5.74, 6) is -2.67. The first-order valence-electron chi connectivity index (χ1n) is 24.3. The number of fused-ring (bicyclic) bond motifs is 6. The van der Waals surface area contributed by atoms with E-state index in [-0.39, 0.29) is 59.8 Å². The molecule has 8 atom stereocenters. The zero-order chi connectivity index (χ0) is 50.8. The van der Waals surface area contributed by atoms with Gasteiger partial charge in [0.25, 0.3) is 11.1 Å². The minimum Gasteiger partial charge on any atom is -0.396 e. The van der Waals surface area contributed by atoms with E-state index in [0.29, 0.717) is 47.0 Å². The minimum absolute atomic E-state index is 0.125. The van der Waals surface area contributed by atoms with E-state index in [1.165, 1.54) is 13.8 Å². The first kappa shape index (κ1) is 49.1. The Hall–Kier alpha value is -7.94. The van der Waals surface area contributed by atoms with E-state index < -0.39 is 36.0 Å². The lowest BCUT2D eigenvalue weighted by atomic mass is 9.88. The second-order valence-corrected chi connectivity index (χ2v) is 18.8. The van der Waals surface area contributed by atoms with Gasteiger partial charge in [-0.05, 0) is 84.6 Å². The van der Waals surface area contributed by atoms with Crippen LogP contribution in [-0.2, 0) is 32.3 Å². The highest BCUT2D eigenvalue weighted by molar-refractivity contribution is 5.99. The molecule has 2 saturated heterocycles. The van der Waals surface area contributed by atoms with E-state index in [4.69, 9.17) is 0 Å². The van der Waals surface area contributed by atoms with Crippen LogP contribution in [0.4, 0.5) is 11.4 Å². The Bertz CT molecular complexity index is 2970. The van der Waals surface area contributed by atoms with Crippen molar-refractivity contribution in [2.75, 3.05) is 23.8 Å². The minimum atomic E-state index is -0.838. The van der Waals surface area contributed by atoms with Crippen LogP contribution in [-0.4, -0.2) is 78.1 Å². The number of amides is 4. The molecule has 10 rings (SSSR count). The molecule has 0 bridgehead atoms. The molecule has 368 valence electrons. The van der Waals surface area contributed by atoms with Gasteiger partial charge in [-0.1, -0.05) is 109 Å². The third-order valence-electron chi connectivity index (χ3n) is 14.7. The van der Waals surface area contributed by atoms with Gasteiger partial charge < -0.3 is 39.8 Å². The van der Waals surface area contributed by atoms with Gasteiger partial charge in [-0.2, -0.15) is 0 Å². The Kier molecular flexibility index (Phi) is 14.2. The number of anilines is 2. The Morgan fingerprint density at radius 3 is 1.18 bits per heavy atom. The largest absolute Gasteiger partial charge is 0.396 e. The van der Waals surface area contributed by atoms with Crippen molar-refractivity contribution in [3.8, 4) is 22.3 Å². The van der Waals surface area contributed by atoms with Crippen molar-refractivity contribution in [3.05, 3.63) is 189 Å². The van der Waals surface area contributed by atoms with Gasteiger partial charge in [0.2, 0.25) is 23.6 Å². The summed E-state index contributed by atoms with van der Waals surface area (Å²) < 4.78 is 3.36. The maximum Gasteiger partial charge on any atom is 0.258 e. The van der Waals surface area contributed by atoms with Crippen molar-refractivity contribution in [2.24, 2.45) is 23.7 Å². The van der Waals surface area contributed by atoms with Crippen molar-refractivity contribution in [3.63, 3.8) is 0 Å². The normalized spacial score (nSPS) is 22.5. The van der Waals surface area contributed by atoms with Gasteiger partial charge in [-0.25, -0.2) is 0 Å². The lowest BCUT2D eigenvalue weighted by Gasteiger charge is -2.30. The fraction of sp³-hybridized carbons (Fsp3) is 0.276. The Balaban J connectivity index is 0.000000178. The predicted octanol–water partition coefficient (Wildman–Crippen LogP) is 7.39. The van der Waals surface area contributed by atoms with Crippen molar-refractivity contribution in [2.45, 2.75) is 65.0 Å². The first-order chi connectivity index (χ1) is 34.9. The van der Waals surface area contributed by atoms with Gasteiger partial charge in [-0.15, -0.1) is 0 Å². The lowest BCUT2D eigenvalue weighted by molar-refractivity contribution is -0.138. The van der Waals surface area contributed by atoms with Crippen LogP contribution in [0.1, 0.15) is 62.3 Å². The predicted molar refractivity (Wildman–Crippen MR) is 278 cm³/mol. The zero-order valence-corrected chi connectivity index (χ0v) is 40.6. The number of likely N-dealkylation sites (tertiary alicyclic amines) is 2. The van der Waals surface area contributed by atoms with Crippen LogP contribution >= 0.6 is 0 Å². The zero-order valence-electron chi connectivity index (χ0n) is 40.6. The molecule has 0 saturated carbocycles. The summed E-state index contributed by atoms with van der Waals surface area (Å²) >= 11 is 0. The van der Waals surface area contributed by atoms with Gasteiger partial charge in [0.05, 0.1) is 12.1 Å². The molecule has 4 aliphatic heterocycles. The van der Waals surface area contributed by atoms with Crippen molar-refractivity contribution in [1.29, 1.82) is 0 Å². The van der Waals surface area contributed by atoms with E-state index in [9.17, 15) is 39.0 Å². The quantitative estimate of drug-likeness (QED) is 0.110. The van der Waals surface area contributed by atoms with Gasteiger partial charge in [-0.3, -0.25) is 28.8 Å². The fourth-order valence-corrected chi connectivity index (χ4v) is 11.5. The van der Waals surface area contributed by atoms with E-state index >= 15 is 0 Å². The number of aromatic nitrogens is 2. The van der Waals surface area contributed by atoms with E-state index in [2.05, 4.69) is 10.6 Å². The number of pyridine rings is 2. The summed E-state index contributed by atoms with van der Waals surface area (Å²) in [6, 6.07) is 39.6. The monoisotopic (exact) mass is 966 g/mol. The van der Waals surface area contributed by atoms with Crippen LogP contribution < -0.4 is 21.8 Å². The van der Waals surface area contributed by atoms with Crippen molar-refractivity contribution < 1.29 is 29.4 Å². The highest BCUT2D eigenvalue weighted by Gasteiger charge is 2.58. The number of nitrogens with zero attached hydrogens (tertiary/aromatic N) is 4. The average Bonchev–Trinajstić information content (AvgIpc) is 4.14. The van der Waals surface area contributed by atoms with Crippen LogP contribution in [0.3, 0.4) is 0 Å². The molecule has 0 unspecified atom stereocenters. The third-order valence-corrected chi connectivity index (χ3v) is 14.7. The molecule has 14 heteroatoms. The second kappa shape index (κ2) is 20.8. The standard InChI is InChI=1S/2C29H29N3O4/c2*1-3-7-21-12-15-25-26-23(16-31(25)29(21)36)24(17-33)27(32(26)18(2)34)28(35)30-22-13-10-20(11-14-22)19-8-5-4-6-9-19/h2*3-15,23-24,26-27,33H,16-17H2,1-2H3,(H,30,35)/b7-3+;7-3-/t2*23-,24-,26+,27-/m00/s1. The molecular weight excluding hydrogens is 909 g/mol. The number of rotatable bonds is 10. The molecule has 4 aromatic carbocycles. The summed E-state index contributed by atoms with van der Waals surface area (Å²) in [6.07, 6.45) is 7.14. The number of nitrogens with one attached hydrogen (secondary N) is 2. The highest BCUT2D eigenvalue weighted by Crippen LogP contribution is 2.51. The van der Waals surface area contributed by atoms with Crippen LogP contribution in [0.5, 0.6) is 0 Å². The number of hydrogen-bond acceptors (Lipinski definition) is 8. The smallest absolute Gasteiger partial charge is 0.258 e. The molecule has 0 aliphatic carbocycles. The molecule has 4 aliphatic rings. The van der Waals surface area contributed by atoms with Crippen molar-refractivity contribution >= 4 is 47.2 Å². The summed E-state index contributed by atoms with van der Waals surface area (Å²) in [4.78, 5) is 81.8. The SMILES string of the molecule is C/C=C/c1ccc2n(c1=O)C[C@H]1[C@H](CO)[C@@H](C(=O)Nc3ccc(-c4ccccc4)cc3)N(C(C)=O)[C@@H]21.C/C=C\c1ccc2n(c1=O)C[C@H]1[C@H](CO)[C@@H](C(=O)Nc3ccc(-c4ccccc4)cc3)N(C(C)=O)[C@@H]21. The molecule has 6 heterocycles. The number of allylic oxidation sites excluding steroid dienone is 2. The van der Waals surface area contributed by atoms with Gasteiger partial charge >= 0.3 is 0 Å². The maximum atomic E-state index is 13.5. The number of carbonyl (C=O) groups excluding carboxylic acids is 4. The van der Waals surface area contributed by atoms with Gasteiger partial charge in [0.15, 0.2) is 0 Å². The molecule has 2 aromatic heterocycles. The molecule has 6 aromatic rings. The molecule has 4 N–H and O–H groups in total. The summed E-state index contributed by atoms with van der Waals surface area (Å²) in [6.45, 7) is 6.75. The topological polar surface area (TPSA) is 183 Å². The van der Waals surface area contributed by atoms with E-state index in [1.807, 2.05) is 147 Å². The number of aliphatic hydroxyl groups excluding tert-OH is 2. The summed E-state index contributed by atoms with van der Waals surface area (Å²) in [7, 11) is 0. The molecule has 0 radical (unpaired) electrons. The number of hydrogen-bond donors (Lipinski definition) is 4. The molecule has 14 nitrogen and oxygen atoms in total. The Morgan fingerprint density at radius 1 is 0.514 bits per heavy atom. The van der Waals surface area contributed by atoms with Crippen LogP contribution in [0.25, 0.3) is 34.4 Å². The van der Waals surface area contributed by atoms with E-state index in [0.717, 1.165) is 22.3 Å². The second-order valence-electron chi connectivity index (χ2n) is 18.8. The van der Waals surface area contributed by atoms with E-state index in [1.54, 1.807) is 43.2 Å². The van der Waals surface area contributed by atoms with Crippen molar-refractivity contribution in [1.82, 2.24) is 18.9 Å². The van der Waals surface area contributed by atoms with Crippen LogP contribution in [0.15, 0.2) is 155 Å². The fourth-order valence-electron chi connectivity index (χ4n) is 11.5. The number of carbonyl (C=O) groups is 4. The average molecular weight is 967 g/mol. The van der Waals surface area contributed by atoms with Crippen LogP contribution in [0.2, 0.25) is 0 Å². The Morgan fingerprint density at radius 2 is 0.861 bits per heavy atom. The number of benzene rings is 4. The highest BCUT2D eigenvalue weighted by atomic mass is 16.3. The molecule has 4 amide bonds. The molecule has 72 heavy (non-hydrogen) atoms. The van der Waals surface area contributed by atoms with Crippen LogP contribution in [0, 0.1) is 23.7 Å². The molecule has 2 fully saturated rings.